The molecule has 0 amide bonds. The lowest BCUT2D eigenvalue weighted by molar-refractivity contribution is -0.385. The van der Waals surface area contributed by atoms with Gasteiger partial charge in [-0.3, -0.25) is 20.2 Å². The van der Waals surface area contributed by atoms with Crippen LogP contribution in [0.2, 0.25) is 0 Å². The number of aliphatic hydroxyl groups excluding tert-OH is 1. The maximum absolute atomic E-state index is 10.8. The summed E-state index contributed by atoms with van der Waals surface area (Å²) in [6.07, 6.45) is -0.969. The zero-order chi connectivity index (χ0) is 15.9. The fraction of sp³-hybridized carbons (Fsp3) is 0.143. The predicted octanol–water partition coefficient (Wildman–Crippen LogP) is 2.88. The van der Waals surface area contributed by atoms with Crippen LogP contribution in [0.15, 0.2) is 36.4 Å². The van der Waals surface area contributed by atoms with Crippen molar-refractivity contribution < 1.29 is 19.7 Å². The first kappa shape index (κ1) is 14.0. The summed E-state index contributed by atoms with van der Waals surface area (Å²) >= 11 is 0. The second-order valence-corrected chi connectivity index (χ2v) is 4.85. The van der Waals surface area contributed by atoms with Gasteiger partial charge in [0.05, 0.1) is 16.0 Å². The Bertz CT molecular complexity index is 789. The summed E-state index contributed by atoms with van der Waals surface area (Å²) in [7, 11) is 0. The van der Waals surface area contributed by atoms with E-state index in [4.69, 9.17) is 4.74 Å². The maximum atomic E-state index is 10.8. The van der Waals surface area contributed by atoms with Gasteiger partial charge in [-0.2, -0.15) is 0 Å². The van der Waals surface area contributed by atoms with Crippen molar-refractivity contribution >= 4 is 11.4 Å². The van der Waals surface area contributed by atoms with Gasteiger partial charge in [0, 0.05) is 41.8 Å². The number of fused-ring (bicyclic) bond motifs is 2. The van der Waals surface area contributed by atoms with Crippen molar-refractivity contribution in [1.29, 1.82) is 0 Å². The van der Waals surface area contributed by atoms with E-state index in [-0.39, 0.29) is 23.4 Å². The highest BCUT2D eigenvalue weighted by atomic mass is 16.6. The first-order valence-corrected chi connectivity index (χ1v) is 6.37. The third-order valence-corrected chi connectivity index (χ3v) is 3.45. The lowest BCUT2D eigenvalue weighted by Crippen LogP contribution is -2.01. The van der Waals surface area contributed by atoms with Gasteiger partial charge in [-0.15, -0.1) is 0 Å². The molecule has 0 spiro atoms. The van der Waals surface area contributed by atoms with Gasteiger partial charge < -0.3 is 9.84 Å². The molecule has 1 aliphatic heterocycles. The van der Waals surface area contributed by atoms with E-state index < -0.39 is 16.0 Å². The summed E-state index contributed by atoms with van der Waals surface area (Å²) in [6, 6.07) is 8.03. The molecule has 8 heteroatoms. The first-order chi connectivity index (χ1) is 10.5. The average Bonchev–Trinajstić information content (AvgIpc) is 2.61. The van der Waals surface area contributed by atoms with Gasteiger partial charge >= 0.3 is 0 Å². The SMILES string of the molecule is O=[N+]([O-])c1ccc2c(c1)CC(O)c1cc([N+](=O)[O-])ccc1O2. The van der Waals surface area contributed by atoms with Crippen LogP contribution in [0.1, 0.15) is 17.2 Å². The lowest BCUT2D eigenvalue weighted by Gasteiger charge is -2.10. The Balaban J connectivity index is 2.07. The second kappa shape index (κ2) is 5.08. The Morgan fingerprint density at radius 2 is 1.59 bits per heavy atom. The number of ether oxygens (including phenoxy) is 1. The summed E-state index contributed by atoms with van der Waals surface area (Å²) in [6.45, 7) is 0. The van der Waals surface area contributed by atoms with Crippen LogP contribution in [0.25, 0.3) is 0 Å². The molecule has 1 aliphatic rings. The normalized spacial score (nSPS) is 16.0. The van der Waals surface area contributed by atoms with Gasteiger partial charge in [0.15, 0.2) is 0 Å². The number of hydrogen-bond donors (Lipinski definition) is 1. The Morgan fingerprint density at radius 3 is 2.23 bits per heavy atom. The molecule has 1 N–H and O–H groups in total. The van der Waals surface area contributed by atoms with Gasteiger partial charge in [-0.05, 0) is 12.1 Å². The lowest BCUT2D eigenvalue weighted by atomic mass is 10.0. The molecular weight excluding hydrogens is 292 g/mol. The van der Waals surface area contributed by atoms with E-state index in [1.165, 1.54) is 36.4 Å². The fourth-order valence-corrected chi connectivity index (χ4v) is 2.38. The molecule has 22 heavy (non-hydrogen) atoms. The largest absolute Gasteiger partial charge is 0.457 e. The minimum absolute atomic E-state index is 0.0746. The molecule has 1 heterocycles. The van der Waals surface area contributed by atoms with E-state index in [9.17, 15) is 25.3 Å². The van der Waals surface area contributed by atoms with Crippen molar-refractivity contribution in [2.45, 2.75) is 12.5 Å². The Morgan fingerprint density at radius 1 is 1.00 bits per heavy atom. The van der Waals surface area contributed by atoms with E-state index in [0.29, 0.717) is 17.1 Å². The third-order valence-electron chi connectivity index (χ3n) is 3.45. The summed E-state index contributed by atoms with van der Waals surface area (Å²) in [5.41, 5.74) is 0.499. The van der Waals surface area contributed by atoms with Crippen LogP contribution in [0, 0.1) is 20.2 Å². The van der Waals surface area contributed by atoms with E-state index in [0.717, 1.165) is 0 Å². The third kappa shape index (κ3) is 2.35. The van der Waals surface area contributed by atoms with Crippen LogP contribution in [0.3, 0.4) is 0 Å². The quantitative estimate of drug-likeness (QED) is 0.673. The number of hydrogen-bond acceptors (Lipinski definition) is 6. The molecule has 0 bridgehead atoms. The van der Waals surface area contributed by atoms with Crippen molar-refractivity contribution in [2.75, 3.05) is 0 Å². The van der Waals surface area contributed by atoms with Crippen molar-refractivity contribution in [3.05, 3.63) is 67.8 Å². The molecule has 2 aromatic rings. The molecule has 8 nitrogen and oxygen atoms in total. The second-order valence-electron chi connectivity index (χ2n) is 4.85. The minimum atomic E-state index is -1.04. The number of benzene rings is 2. The maximum Gasteiger partial charge on any atom is 0.270 e. The van der Waals surface area contributed by atoms with Crippen molar-refractivity contribution in [3.8, 4) is 11.5 Å². The van der Waals surface area contributed by atoms with Crippen LogP contribution in [0.4, 0.5) is 11.4 Å². The van der Waals surface area contributed by atoms with Crippen LogP contribution in [0.5, 0.6) is 11.5 Å². The Hall–Kier alpha value is -3.00. The number of nitro benzene ring substituents is 2. The smallest absolute Gasteiger partial charge is 0.270 e. The average molecular weight is 302 g/mol. The highest BCUT2D eigenvalue weighted by Crippen LogP contribution is 2.40. The standard InChI is InChI=1S/C14H10N2O6/c17-12-6-8-5-9(15(18)19)1-3-13(8)22-14-4-2-10(16(20)21)7-11(12)14/h1-5,7,12,17H,6H2. The van der Waals surface area contributed by atoms with E-state index in [1.807, 2.05) is 0 Å². The summed E-state index contributed by atoms with van der Waals surface area (Å²) < 4.78 is 5.64. The number of nitro groups is 2. The molecule has 1 unspecified atom stereocenters. The molecule has 3 rings (SSSR count). The number of non-ortho nitro benzene ring substituents is 2. The zero-order valence-electron chi connectivity index (χ0n) is 11.1. The Kier molecular flexibility index (Phi) is 3.22. The van der Waals surface area contributed by atoms with Crippen LogP contribution in [-0.2, 0) is 6.42 Å². The van der Waals surface area contributed by atoms with Gasteiger partial charge in [-0.25, -0.2) is 0 Å². The topological polar surface area (TPSA) is 116 Å². The summed E-state index contributed by atoms with van der Waals surface area (Å²) in [5.74, 6) is 0.683. The monoisotopic (exact) mass is 302 g/mol. The number of nitrogens with zero attached hydrogens (tertiary/aromatic N) is 2. The summed E-state index contributed by atoms with van der Waals surface area (Å²) in [5, 5.41) is 31.9. The van der Waals surface area contributed by atoms with Crippen LogP contribution < -0.4 is 4.74 Å². The number of rotatable bonds is 2. The summed E-state index contributed by atoms with van der Waals surface area (Å²) in [4.78, 5) is 20.6. The van der Waals surface area contributed by atoms with E-state index in [2.05, 4.69) is 0 Å². The van der Waals surface area contributed by atoms with E-state index in [1.54, 1.807) is 0 Å². The van der Waals surface area contributed by atoms with Crippen LogP contribution >= 0.6 is 0 Å². The van der Waals surface area contributed by atoms with Crippen molar-refractivity contribution in [2.24, 2.45) is 0 Å². The molecule has 0 aliphatic carbocycles. The minimum Gasteiger partial charge on any atom is -0.457 e. The molecule has 0 saturated carbocycles. The molecule has 0 saturated heterocycles. The van der Waals surface area contributed by atoms with Gasteiger partial charge in [0.25, 0.3) is 11.4 Å². The van der Waals surface area contributed by atoms with Crippen molar-refractivity contribution in [3.63, 3.8) is 0 Å². The van der Waals surface area contributed by atoms with Crippen molar-refractivity contribution in [1.82, 2.24) is 0 Å². The molecule has 0 aromatic heterocycles. The predicted molar refractivity (Wildman–Crippen MR) is 74.9 cm³/mol. The van der Waals surface area contributed by atoms with Crippen LogP contribution in [-0.4, -0.2) is 15.0 Å². The van der Waals surface area contributed by atoms with Gasteiger partial charge in [0.1, 0.15) is 11.5 Å². The Labute approximate surface area is 123 Å². The molecule has 1 atom stereocenters. The zero-order valence-corrected chi connectivity index (χ0v) is 11.1. The molecule has 0 radical (unpaired) electrons. The highest BCUT2D eigenvalue weighted by molar-refractivity contribution is 5.52. The fourth-order valence-electron chi connectivity index (χ4n) is 2.38. The first-order valence-electron chi connectivity index (χ1n) is 6.37. The number of aliphatic hydroxyl groups is 1. The molecular formula is C14H10N2O6. The van der Waals surface area contributed by atoms with E-state index >= 15 is 0 Å². The molecule has 0 fully saturated rings. The molecule has 2 aromatic carbocycles. The molecule has 112 valence electrons. The highest BCUT2D eigenvalue weighted by Gasteiger charge is 2.25. The van der Waals surface area contributed by atoms with Gasteiger partial charge in [-0.1, -0.05) is 0 Å². The van der Waals surface area contributed by atoms with Gasteiger partial charge in [0.2, 0.25) is 0 Å².